The van der Waals surface area contributed by atoms with Crippen molar-refractivity contribution in [2.45, 2.75) is 31.5 Å². The van der Waals surface area contributed by atoms with Gasteiger partial charge in [0.2, 0.25) is 0 Å². The Balaban J connectivity index is 1.82. The smallest absolute Gasteiger partial charge is 0.408 e. The number of carboxylic acids is 2. The molecule has 0 radical (unpaired) electrons. The molecule has 130 valence electrons. The summed E-state index contributed by atoms with van der Waals surface area (Å²) >= 11 is 0. The molecule has 0 aliphatic heterocycles. The molecule has 5 N–H and O–H groups in total. The third-order valence-electron chi connectivity index (χ3n) is 4.03. The number of alkyl carbamates (subject to hydrolysis) is 1. The number of nitrogens with two attached hydrogens (primary N) is 1. The number of benzene rings is 1. The molecule has 2 rings (SSSR count). The van der Waals surface area contributed by atoms with Gasteiger partial charge in [0.25, 0.3) is 0 Å². The minimum absolute atomic E-state index is 0.0387. The van der Waals surface area contributed by atoms with Crippen molar-refractivity contribution < 1.29 is 29.3 Å². The van der Waals surface area contributed by atoms with E-state index in [-0.39, 0.29) is 24.9 Å². The number of amides is 1. The second-order valence-electron chi connectivity index (χ2n) is 5.86. The number of nitrogens with one attached hydrogen (secondary N) is 1. The number of carbonyl (C=O) groups is 3. The van der Waals surface area contributed by atoms with Crippen LogP contribution < -0.4 is 11.1 Å². The van der Waals surface area contributed by atoms with Gasteiger partial charge in [-0.15, -0.1) is 0 Å². The Morgan fingerprint density at radius 1 is 1.21 bits per heavy atom. The van der Waals surface area contributed by atoms with Crippen LogP contribution in [0.5, 0.6) is 0 Å². The molecule has 1 fully saturated rings. The Morgan fingerprint density at radius 3 is 2.46 bits per heavy atom. The fourth-order valence-corrected chi connectivity index (χ4v) is 2.62. The number of carbonyl (C=O) groups excluding carboxylic acids is 1. The van der Waals surface area contributed by atoms with Gasteiger partial charge in [0.05, 0.1) is 0 Å². The van der Waals surface area contributed by atoms with Crippen molar-refractivity contribution in [1.82, 2.24) is 5.32 Å². The Labute approximate surface area is 138 Å². The SMILES string of the molecule is N[C@@H](C[C@H]1C[C@@H]1[C@H](NC(=O)OCc1ccccc1)C(=O)O)C(=O)O. The maximum absolute atomic E-state index is 11.8. The van der Waals surface area contributed by atoms with Crippen LogP contribution in [0.3, 0.4) is 0 Å². The van der Waals surface area contributed by atoms with Gasteiger partial charge in [-0.3, -0.25) is 4.79 Å². The predicted octanol–water partition coefficient (Wildman–Crippen LogP) is 0.804. The molecule has 8 nitrogen and oxygen atoms in total. The quantitative estimate of drug-likeness (QED) is 0.550. The van der Waals surface area contributed by atoms with E-state index in [0.29, 0.717) is 6.42 Å². The molecule has 1 aliphatic rings. The van der Waals surface area contributed by atoms with E-state index in [0.717, 1.165) is 5.56 Å². The van der Waals surface area contributed by atoms with E-state index in [1.807, 2.05) is 6.07 Å². The maximum Gasteiger partial charge on any atom is 0.408 e. The van der Waals surface area contributed by atoms with Crippen LogP contribution >= 0.6 is 0 Å². The van der Waals surface area contributed by atoms with Crippen molar-refractivity contribution in [3.8, 4) is 0 Å². The number of aliphatic carboxylic acids is 2. The van der Waals surface area contributed by atoms with Gasteiger partial charge in [-0.2, -0.15) is 0 Å². The largest absolute Gasteiger partial charge is 0.480 e. The van der Waals surface area contributed by atoms with Gasteiger partial charge < -0.3 is 26.0 Å². The fraction of sp³-hybridized carbons (Fsp3) is 0.438. The van der Waals surface area contributed by atoms with Crippen molar-refractivity contribution >= 4 is 18.0 Å². The Bertz CT molecular complexity index is 606. The molecule has 0 spiro atoms. The summed E-state index contributed by atoms with van der Waals surface area (Å²) in [4.78, 5) is 33.9. The molecule has 1 aromatic rings. The van der Waals surface area contributed by atoms with Gasteiger partial charge in [0.1, 0.15) is 18.7 Å². The molecular formula is C16H20N2O6. The van der Waals surface area contributed by atoms with E-state index in [4.69, 9.17) is 15.6 Å². The number of hydrogen-bond donors (Lipinski definition) is 4. The molecule has 0 heterocycles. The first-order chi connectivity index (χ1) is 11.4. The van der Waals surface area contributed by atoms with Gasteiger partial charge in [-0.05, 0) is 30.2 Å². The van der Waals surface area contributed by atoms with E-state index in [2.05, 4.69) is 5.32 Å². The highest BCUT2D eigenvalue weighted by Gasteiger charge is 2.48. The van der Waals surface area contributed by atoms with Gasteiger partial charge in [-0.25, -0.2) is 9.59 Å². The van der Waals surface area contributed by atoms with Gasteiger partial charge in [-0.1, -0.05) is 30.3 Å². The number of hydrogen-bond acceptors (Lipinski definition) is 5. The molecule has 0 unspecified atom stereocenters. The highest BCUT2D eigenvalue weighted by Crippen LogP contribution is 2.44. The van der Waals surface area contributed by atoms with Gasteiger partial charge in [0, 0.05) is 0 Å². The Morgan fingerprint density at radius 2 is 1.88 bits per heavy atom. The van der Waals surface area contributed by atoms with E-state index in [1.165, 1.54) is 0 Å². The molecule has 1 saturated carbocycles. The summed E-state index contributed by atoms with van der Waals surface area (Å²) in [5.41, 5.74) is 6.24. The van der Waals surface area contributed by atoms with Crippen LogP contribution in [0.2, 0.25) is 0 Å². The standard InChI is InChI=1S/C16H20N2O6/c17-12(14(19)20)7-10-6-11(10)13(15(21)22)18-16(23)24-8-9-4-2-1-3-5-9/h1-5,10-13H,6-8,17H2,(H,18,23)(H,19,20)(H,21,22)/t10-,11+,12+,13+/m1/s1. The molecule has 4 atom stereocenters. The lowest BCUT2D eigenvalue weighted by Crippen LogP contribution is -2.43. The fourth-order valence-electron chi connectivity index (χ4n) is 2.62. The third kappa shape index (κ3) is 4.95. The monoisotopic (exact) mass is 336 g/mol. The third-order valence-corrected chi connectivity index (χ3v) is 4.03. The van der Waals surface area contributed by atoms with E-state index in [1.54, 1.807) is 24.3 Å². The number of ether oxygens (including phenoxy) is 1. The van der Waals surface area contributed by atoms with Crippen LogP contribution in [0.1, 0.15) is 18.4 Å². The van der Waals surface area contributed by atoms with Crippen LogP contribution in [-0.4, -0.2) is 40.3 Å². The van der Waals surface area contributed by atoms with Crippen molar-refractivity contribution in [2.75, 3.05) is 0 Å². The minimum Gasteiger partial charge on any atom is -0.480 e. The zero-order valence-electron chi connectivity index (χ0n) is 12.9. The molecule has 1 aromatic carbocycles. The van der Waals surface area contributed by atoms with Crippen molar-refractivity contribution in [2.24, 2.45) is 17.6 Å². The van der Waals surface area contributed by atoms with E-state index >= 15 is 0 Å². The molecular weight excluding hydrogens is 316 g/mol. The molecule has 8 heteroatoms. The van der Waals surface area contributed by atoms with Gasteiger partial charge in [0.15, 0.2) is 0 Å². The predicted molar refractivity (Wildman–Crippen MR) is 83.0 cm³/mol. The Hall–Kier alpha value is -2.61. The highest BCUT2D eigenvalue weighted by molar-refractivity contribution is 5.80. The molecule has 0 bridgehead atoms. The summed E-state index contributed by atoms with van der Waals surface area (Å²) in [6.45, 7) is 0.0387. The van der Waals surface area contributed by atoms with Crippen LogP contribution in [0, 0.1) is 11.8 Å². The Kier molecular flexibility index (Phi) is 5.75. The number of rotatable bonds is 8. The van der Waals surface area contributed by atoms with E-state index in [9.17, 15) is 19.5 Å². The summed E-state index contributed by atoms with van der Waals surface area (Å²) in [6.07, 6.45) is -0.124. The average Bonchev–Trinajstić information content (AvgIpc) is 3.30. The average molecular weight is 336 g/mol. The first-order valence-corrected chi connectivity index (χ1v) is 7.57. The summed E-state index contributed by atoms with van der Waals surface area (Å²) in [5.74, 6) is -2.77. The summed E-state index contributed by atoms with van der Waals surface area (Å²) in [6, 6.07) is 6.87. The minimum atomic E-state index is -1.18. The molecule has 0 aromatic heterocycles. The maximum atomic E-state index is 11.8. The van der Waals surface area contributed by atoms with Crippen LogP contribution in [0.4, 0.5) is 4.79 Å². The van der Waals surface area contributed by atoms with E-state index < -0.39 is 30.1 Å². The molecule has 1 aliphatic carbocycles. The van der Waals surface area contributed by atoms with Crippen LogP contribution in [0.25, 0.3) is 0 Å². The van der Waals surface area contributed by atoms with Crippen LogP contribution in [-0.2, 0) is 20.9 Å². The lowest BCUT2D eigenvalue weighted by molar-refractivity contribution is -0.140. The molecule has 0 saturated heterocycles. The normalized spacial score (nSPS) is 21.4. The number of carboxylic acid groups (broad SMARTS) is 2. The van der Waals surface area contributed by atoms with Crippen molar-refractivity contribution in [1.29, 1.82) is 0 Å². The second-order valence-corrected chi connectivity index (χ2v) is 5.86. The molecule has 24 heavy (non-hydrogen) atoms. The second kappa shape index (κ2) is 7.78. The summed E-state index contributed by atoms with van der Waals surface area (Å²) in [7, 11) is 0. The lowest BCUT2D eigenvalue weighted by Gasteiger charge is -2.15. The topological polar surface area (TPSA) is 139 Å². The zero-order chi connectivity index (χ0) is 17.7. The zero-order valence-corrected chi connectivity index (χ0v) is 12.9. The van der Waals surface area contributed by atoms with Gasteiger partial charge >= 0.3 is 18.0 Å². The lowest BCUT2D eigenvalue weighted by atomic mass is 10.1. The summed E-state index contributed by atoms with van der Waals surface area (Å²) < 4.78 is 5.01. The first-order valence-electron chi connectivity index (χ1n) is 7.57. The van der Waals surface area contributed by atoms with Crippen LogP contribution in [0.15, 0.2) is 30.3 Å². The van der Waals surface area contributed by atoms with Crippen molar-refractivity contribution in [3.05, 3.63) is 35.9 Å². The highest BCUT2D eigenvalue weighted by atomic mass is 16.5. The summed E-state index contributed by atoms with van der Waals surface area (Å²) in [5, 5.41) is 20.4. The first kappa shape index (κ1) is 17.7. The molecule has 1 amide bonds. The van der Waals surface area contributed by atoms with Crippen molar-refractivity contribution in [3.63, 3.8) is 0 Å².